The highest BCUT2D eigenvalue weighted by Gasteiger charge is 2.24. The molecule has 0 spiro atoms. The zero-order chi connectivity index (χ0) is 17.3. The maximum absolute atomic E-state index is 15.0. The Balaban J connectivity index is 2.23. The summed E-state index contributed by atoms with van der Waals surface area (Å²) in [7, 11) is 0. The van der Waals surface area contributed by atoms with Gasteiger partial charge >= 0.3 is 0 Å². The molecule has 0 unspecified atom stereocenters. The molecule has 1 heterocycles. The molecule has 3 N–H and O–H groups in total. The van der Waals surface area contributed by atoms with Crippen LogP contribution >= 0.6 is 23.2 Å². The van der Waals surface area contributed by atoms with Gasteiger partial charge in [-0.25, -0.2) is 4.39 Å². The molecule has 1 amide bonds. The highest BCUT2D eigenvalue weighted by atomic mass is 35.5. The Morgan fingerprint density at radius 1 is 1.12 bits per heavy atom. The van der Waals surface area contributed by atoms with E-state index in [-0.39, 0.29) is 5.56 Å². The third-order valence-electron chi connectivity index (χ3n) is 4.06. The number of amides is 1. The van der Waals surface area contributed by atoms with Crippen molar-refractivity contribution >= 4 is 34.8 Å². The summed E-state index contributed by atoms with van der Waals surface area (Å²) in [5.41, 5.74) is 6.70. The van der Waals surface area contributed by atoms with Gasteiger partial charge in [-0.05, 0) is 12.1 Å². The van der Waals surface area contributed by atoms with E-state index in [0.717, 1.165) is 13.1 Å². The van der Waals surface area contributed by atoms with Crippen LogP contribution in [0.5, 0.6) is 0 Å². The van der Waals surface area contributed by atoms with E-state index in [1.807, 2.05) is 4.90 Å². The van der Waals surface area contributed by atoms with Crippen molar-refractivity contribution in [2.75, 3.05) is 31.1 Å². The molecule has 1 fully saturated rings. The van der Waals surface area contributed by atoms with Crippen molar-refractivity contribution in [2.45, 2.75) is 0 Å². The molecule has 126 valence electrons. The summed E-state index contributed by atoms with van der Waals surface area (Å²) in [6.45, 7) is 2.68. The minimum absolute atomic E-state index is 0.134. The van der Waals surface area contributed by atoms with E-state index < -0.39 is 11.7 Å². The molecule has 0 bridgehead atoms. The van der Waals surface area contributed by atoms with Gasteiger partial charge in [0.05, 0.1) is 21.3 Å². The van der Waals surface area contributed by atoms with Gasteiger partial charge in [-0.3, -0.25) is 4.79 Å². The number of hydrogen-bond donors (Lipinski definition) is 2. The molecule has 0 radical (unpaired) electrons. The fourth-order valence-corrected chi connectivity index (χ4v) is 3.28. The lowest BCUT2D eigenvalue weighted by molar-refractivity contribution is 0.0996. The SMILES string of the molecule is NC(=O)c1ccc(-c2cccc(Cl)c2Cl)c(N2CCNCC2)c1F. The van der Waals surface area contributed by atoms with Crippen LogP contribution in [-0.4, -0.2) is 32.1 Å². The predicted molar refractivity (Wildman–Crippen MR) is 95.5 cm³/mol. The van der Waals surface area contributed by atoms with Gasteiger partial charge in [0, 0.05) is 37.3 Å². The molecule has 1 saturated heterocycles. The van der Waals surface area contributed by atoms with Crippen LogP contribution in [0.2, 0.25) is 10.0 Å². The van der Waals surface area contributed by atoms with Gasteiger partial charge in [0.25, 0.3) is 5.91 Å². The number of anilines is 1. The first-order valence-electron chi connectivity index (χ1n) is 7.53. The first-order chi connectivity index (χ1) is 11.5. The number of carbonyl (C=O) groups is 1. The third kappa shape index (κ3) is 3.07. The Morgan fingerprint density at radius 3 is 2.50 bits per heavy atom. The van der Waals surface area contributed by atoms with E-state index in [9.17, 15) is 4.79 Å². The Bertz CT molecular complexity index is 792. The Morgan fingerprint density at radius 2 is 1.83 bits per heavy atom. The van der Waals surface area contributed by atoms with Crippen LogP contribution in [0.15, 0.2) is 30.3 Å². The summed E-state index contributed by atoms with van der Waals surface area (Å²) >= 11 is 12.4. The number of nitrogens with zero attached hydrogens (tertiary/aromatic N) is 1. The number of rotatable bonds is 3. The van der Waals surface area contributed by atoms with Crippen molar-refractivity contribution in [3.05, 3.63) is 51.8 Å². The molecule has 4 nitrogen and oxygen atoms in total. The first-order valence-corrected chi connectivity index (χ1v) is 8.28. The van der Waals surface area contributed by atoms with Gasteiger partial charge < -0.3 is 16.0 Å². The summed E-state index contributed by atoms with van der Waals surface area (Å²) < 4.78 is 15.0. The van der Waals surface area contributed by atoms with Gasteiger partial charge in [0.15, 0.2) is 5.82 Å². The number of carbonyl (C=O) groups excluding carboxylic acids is 1. The fourth-order valence-electron chi connectivity index (χ4n) is 2.88. The molecule has 2 aromatic rings. The van der Waals surface area contributed by atoms with E-state index in [0.29, 0.717) is 39.9 Å². The number of primary amides is 1. The largest absolute Gasteiger partial charge is 0.366 e. The molecule has 0 saturated carbocycles. The summed E-state index contributed by atoms with van der Waals surface area (Å²) in [6, 6.07) is 8.25. The quantitative estimate of drug-likeness (QED) is 0.874. The highest BCUT2D eigenvalue weighted by molar-refractivity contribution is 6.43. The van der Waals surface area contributed by atoms with E-state index in [2.05, 4.69) is 5.32 Å². The minimum atomic E-state index is -0.798. The predicted octanol–water partition coefficient (Wildman–Crippen LogP) is 3.31. The number of nitrogens with one attached hydrogen (secondary N) is 1. The Labute approximate surface area is 149 Å². The van der Waals surface area contributed by atoms with Crippen molar-refractivity contribution in [3.8, 4) is 11.1 Å². The van der Waals surface area contributed by atoms with Crippen LogP contribution in [0.1, 0.15) is 10.4 Å². The minimum Gasteiger partial charge on any atom is -0.366 e. The van der Waals surface area contributed by atoms with Gasteiger partial charge in [-0.1, -0.05) is 41.4 Å². The second-order valence-corrected chi connectivity index (χ2v) is 6.31. The number of nitrogens with two attached hydrogens (primary N) is 1. The van der Waals surface area contributed by atoms with Crippen molar-refractivity contribution in [1.29, 1.82) is 0 Å². The Hall–Kier alpha value is -1.82. The first kappa shape index (κ1) is 17.0. The molecule has 7 heteroatoms. The number of piperazine rings is 1. The zero-order valence-corrected chi connectivity index (χ0v) is 14.3. The van der Waals surface area contributed by atoms with Crippen LogP contribution in [0, 0.1) is 5.82 Å². The average molecular weight is 368 g/mol. The normalized spacial score (nSPS) is 14.7. The molecular formula is C17H16Cl2FN3O. The van der Waals surface area contributed by atoms with Crippen molar-refractivity contribution in [2.24, 2.45) is 5.73 Å². The number of hydrogen-bond acceptors (Lipinski definition) is 3. The second-order valence-electron chi connectivity index (χ2n) is 5.53. The van der Waals surface area contributed by atoms with Gasteiger partial charge in [-0.15, -0.1) is 0 Å². The lowest BCUT2D eigenvalue weighted by Gasteiger charge is -2.32. The number of halogens is 3. The molecular weight excluding hydrogens is 352 g/mol. The third-order valence-corrected chi connectivity index (χ3v) is 4.88. The molecule has 1 aliphatic heterocycles. The zero-order valence-electron chi connectivity index (χ0n) is 12.8. The van der Waals surface area contributed by atoms with Gasteiger partial charge in [0.2, 0.25) is 0 Å². The van der Waals surface area contributed by atoms with Crippen LogP contribution in [0.25, 0.3) is 11.1 Å². The monoisotopic (exact) mass is 367 g/mol. The van der Waals surface area contributed by atoms with Crippen molar-refractivity contribution in [3.63, 3.8) is 0 Å². The maximum Gasteiger partial charge on any atom is 0.251 e. The maximum atomic E-state index is 15.0. The summed E-state index contributed by atoms with van der Waals surface area (Å²) in [5, 5.41) is 3.96. The van der Waals surface area contributed by atoms with Gasteiger partial charge in [0.1, 0.15) is 0 Å². The van der Waals surface area contributed by atoms with E-state index >= 15 is 4.39 Å². The van der Waals surface area contributed by atoms with Crippen LogP contribution in [-0.2, 0) is 0 Å². The van der Waals surface area contributed by atoms with Crippen LogP contribution < -0.4 is 16.0 Å². The average Bonchev–Trinajstić information content (AvgIpc) is 2.57. The number of benzene rings is 2. The topological polar surface area (TPSA) is 58.4 Å². The van der Waals surface area contributed by atoms with Crippen LogP contribution in [0.4, 0.5) is 10.1 Å². The summed E-state index contributed by atoms with van der Waals surface area (Å²) in [5.74, 6) is -1.43. The molecule has 3 rings (SSSR count). The van der Waals surface area contributed by atoms with E-state index in [1.54, 1.807) is 24.3 Å². The molecule has 24 heavy (non-hydrogen) atoms. The smallest absolute Gasteiger partial charge is 0.251 e. The highest BCUT2D eigenvalue weighted by Crippen LogP contribution is 2.40. The molecule has 1 aliphatic rings. The molecule has 0 aliphatic carbocycles. The summed E-state index contributed by atoms with van der Waals surface area (Å²) in [6.07, 6.45) is 0. The fraction of sp³-hybridized carbons (Fsp3) is 0.235. The van der Waals surface area contributed by atoms with Gasteiger partial charge in [-0.2, -0.15) is 0 Å². The summed E-state index contributed by atoms with van der Waals surface area (Å²) in [4.78, 5) is 13.4. The van der Waals surface area contributed by atoms with Crippen LogP contribution in [0.3, 0.4) is 0 Å². The molecule has 2 aromatic carbocycles. The van der Waals surface area contributed by atoms with Crippen molar-refractivity contribution in [1.82, 2.24) is 5.32 Å². The Kier molecular flexibility index (Phi) is 4.94. The van der Waals surface area contributed by atoms with E-state index in [4.69, 9.17) is 28.9 Å². The van der Waals surface area contributed by atoms with Crippen molar-refractivity contribution < 1.29 is 9.18 Å². The lowest BCUT2D eigenvalue weighted by Crippen LogP contribution is -2.44. The standard InChI is InChI=1S/C17H16Cl2FN3O/c18-13-3-1-2-10(14(13)19)11-4-5-12(17(21)24)15(20)16(11)23-8-6-22-7-9-23/h1-5,22H,6-9H2,(H2,21,24). The lowest BCUT2D eigenvalue weighted by atomic mass is 9.99. The second kappa shape index (κ2) is 6.97. The van der Waals surface area contributed by atoms with E-state index in [1.165, 1.54) is 6.07 Å². The molecule has 0 aromatic heterocycles. The molecule has 0 atom stereocenters.